The molecule has 1 unspecified atom stereocenters. The Bertz CT molecular complexity index is 581. The predicted octanol–water partition coefficient (Wildman–Crippen LogP) is -1.22. The zero-order valence-corrected chi connectivity index (χ0v) is 13.4. The van der Waals surface area contributed by atoms with Gasteiger partial charge in [0, 0.05) is 24.3 Å². The molecule has 0 spiro atoms. The zero-order chi connectivity index (χ0) is 16.8. The Morgan fingerprint density at radius 1 is 1.09 bits per heavy atom. The molecule has 2 rings (SSSR count). The number of benzene rings is 1. The molecule has 3 amide bonds. The molecule has 124 valence electrons. The Labute approximate surface area is 135 Å². The van der Waals surface area contributed by atoms with Crippen molar-refractivity contribution in [3.63, 3.8) is 0 Å². The fourth-order valence-electron chi connectivity index (χ4n) is 2.17. The van der Waals surface area contributed by atoms with Crippen LogP contribution in [0.3, 0.4) is 0 Å². The van der Waals surface area contributed by atoms with Gasteiger partial charge in [0.25, 0.3) is 17.7 Å². The van der Waals surface area contributed by atoms with E-state index in [1.165, 1.54) is 0 Å². The van der Waals surface area contributed by atoms with Crippen LogP contribution in [0, 0.1) is 0 Å². The number of likely N-dealkylation sites (N-methyl/N-ethyl adjacent to an activating group) is 1. The molecule has 1 fully saturated rings. The Hall–Kier alpha value is -2.41. The van der Waals surface area contributed by atoms with Gasteiger partial charge in [0.2, 0.25) is 0 Å². The lowest BCUT2D eigenvalue weighted by Gasteiger charge is -2.13. The number of anilines is 1. The van der Waals surface area contributed by atoms with Gasteiger partial charge in [0.05, 0.1) is 7.05 Å². The number of amides is 3. The molecule has 0 heterocycles. The largest absolute Gasteiger partial charge is 0.355 e. The number of rotatable bonds is 7. The average Bonchev–Trinajstić information content (AvgIpc) is 3.30. The highest BCUT2D eigenvalue weighted by molar-refractivity contribution is 5.95. The molecule has 7 heteroatoms. The molecule has 1 aliphatic rings. The number of nitrogens with one attached hydrogen (secondary N) is 4. The summed E-state index contributed by atoms with van der Waals surface area (Å²) in [4.78, 5) is 35.9. The van der Waals surface area contributed by atoms with Gasteiger partial charge in [-0.2, -0.15) is 0 Å². The van der Waals surface area contributed by atoms with Crippen molar-refractivity contribution in [2.45, 2.75) is 18.9 Å². The highest BCUT2D eigenvalue weighted by Crippen LogP contribution is 2.17. The topological polar surface area (TPSA) is 91.7 Å². The standard InChI is InChI=1S/C16H22N4O3/c1-17-16(23)11-3-5-12(6-4-11)18-14(21)9-20(2)10-15(22)19-13-7-8-13/h3-6,13H,7-10H2,1-2H3,(H,17,23)(H,18,21)(H,19,22)/p+1. The van der Waals surface area contributed by atoms with Crippen LogP contribution in [0.25, 0.3) is 0 Å². The monoisotopic (exact) mass is 319 g/mol. The highest BCUT2D eigenvalue weighted by Gasteiger charge is 2.24. The molecule has 0 radical (unpaired) electrons. The first-order chi connectivity index (χ1) is 11.0. The van der Waals surface area contributed by atoms with Crippen molar-refractivity contribution in [1.29, 1.82) is 0 Å². The van der Waals surface area contributed by atoms with E-state index in [9.17, 15) is 14.4 Å². The van der Waals surface area contributed by atoms with Crippen LogP contribution in [0.4, 0.5) is 5.69 Å². The van der Waals surface area contributed by atoms with Crippen molar-refractivity contribution in [3.8, 4) is 0 Å². The second kappa shape index (κ2) is 7.73. The first-order valence-electron chi connectivity index (χ1n) is 7.70. The van der Waals surface area contributed by atoms with Crippen molar-refractivity contribution in [2.24, 2.45) is 0 Å². The van der Waals surface area contributed by atoms with Crippen LogP contribution in [0.1, 0.15) is 23.2 Å². The summed E-state index contributed by atoms with van der Waals surface area (Å²) in [6, 6.07) is 6.99. The van der Waals surface area contributed by atoms with Crippen LogP contribution in [0.5, 0.6) is 0 Å². The molecule has 1 aromatic carbocycles. The fourth-order valence-corrected chi connectivity index (χ4v) is 2.17. The van der Waals surface area contributed by atoms with E-state index < -0.39 is 0 Å². The number of hydrogen-bond acceptors (Lipinski definition) is 3. The minimum absolute atomic E-state index is 0.0206. The molecule has 0 aliphatic heterocycles. The molecular formula is C16H23N4O3+. The summed E-state index contributed by atoms with van der Waals surface area (Å²) in [7, 11) is 3.37. The van der Waals surface area contributed by atoms with Crippen LogP contribution in [-0.4, -0.2) is 50.9 Å². The van der Waals surface area contributed by atoms with Crippen molar-refractivity contribution in [3.05, 3.63) is 29.8 Å². The lowest BCUT2D eigenvalue weighted by atomic mass is 10.2. The summed E-state index contributed by atoms with van der Waals surface area (Å²) < 4.78 is 0. The predicted molar refractivity (Wildman–Crippen MR) is 86.2 cm³/mol. The first kappa shape index (κ1) is 17.0. The second-order valence-electron chi connectivity index (χ2n) is 5.86. The number of hydrogen-bond donors (Lipinski definition) is 4. The lowest BCUT2D eigenvalue weighted by molar-refractivity contribution is -0.862. The normalized spacial score (nSPS) is 14.7. The zero-order valence-electron chi connectivity index (χ0n) is 13.4. The molecule has 1 aliphatic carbocycles. The van der Waals surface area contributed by atoms with Gasteiger partial charge in [0.1, 0.15) is 0 Å². The average molecular weight is 319 g/mol. The van der Waals surface area contributed by atoms with Crippen LogP contribution < -0.4 is 20.9 Å². The van der Waals surface area contributed by atoms with E-state index in [2.05, 4.69) is 16.0 Å². The third-order valence-corrected chi connectivity index (χ3v) is 3.53. The van der Waals surface area contributed by atoms with Gasteiger partial charge in [-0.25, -0.2) is 0 Å². The molecule has 0 saturated heterocycles. The summed E-state index contributed by atoms with van der Waals surface area (Å²) in [6.45, 7) is 0.481. The van der Waals surface area contributed by atoms with Gasteiger partial charge >= 0.3 is 0 Å². The van der Waals surface area contributed by atoms with E-state index in [-0.39, 0.29) is 30.8 Å². The molecule has 23 heavy (non-hydrogen) atoms. The van der Waals surface area contributed by atoms with E-state index in [0.717, 1.165) is 17.7 Å². The third-order valence-electron chi connectivity index (χ3n) is 3.53. The molecular weight excluding hydrogens is 296 g/mol. The number of quaternary nitrogens is 1. The SMILES string of the molecule is CNC(=O)c1ccc(NC(=O)C[NH+](C)CC(=O)NC2CC2)cc1. The third kappa shape index (κ3) is 5.71. The summed E-state index contributed by atoms with van der Waals surface area (Å²) in [5.74, 6) is -0.365. The van der Waals surface area contributed by atoms with Gasteiger partial charge in [-0.3, -0.25) is 14.4 Å². The van der Waals surface area contributed by atoms with Crippen LogP contribution in [0.2, 0.25) is 0 Å². The van der Waals surface area contributed by atoms with Gasteiger partial charge < -0.3 is 20.9 Å². The Morgan fingerprint density at radius 2 is 1.70 bits per heavy atom. The van der Waals surface area contributed by atoms with E-state index in [0.29, 0.717) is 17.3 Å². The maximum atomic E-state index is 12.0. The van der Waals surface area contributed by atoms with Gasteiger partial charge in [-0.15, -0.1) is 0 Å². The molecule has 0 aromatic heterocycles. The Balaban J connectivity index is 1.76. The smallest absolute Gasteiger partial charge is 0.279 e. The van der Waals surface area contributed by atoms with Crippen molar-refractivity contribution >= 4 is 23.4 Å². The van der Waals surface area contributed by atoms with Crippen molar-refractivity contribution in [2.75, 3.05) is 32.5 Å². The van der Waals surface area contributed by atoms with Gasteiger partial charge in [0.15, 0.2) is 13.1 Å². The van der Waals surface area contributed by atoms with Crippen LogP contribution >= 0.6 is 0 Å². The number of carbonyl (C=O) groups excluding carboxylic acids is 3. The second-order valence-corrected chi connectivity index (χ2v) is 5.86. The van der Waals surface area contributed by atoms with E-state index >= 15 is 0 Å². The summed E-state index contributed by atoms with van der Waals surface area (Å²) in [5, 5.41) is 8.20. The summed E-state index contributed by atoms with van der Waals surface area (Å²) in [5.41, 5.74) is 1.16. The summed E-state index contributed by atoms with van der Waals surface area (Å²) in [6.07, 6.45) is 2.11. The first-order valence-corrected chi connectivity index (χ1v) is 7.70. The van der Waals surface area contributed by atoms with Crippen molar-refractivity contribution in [1.82, 2.24) is 10.6 Å². The highest BCUT2D eigenvalue weighted by atomic mass is 16.2. The maximum absolute atomic E-state index is 12.0. The van der Waals surface area contributed by atoms with E-state index in [1.54, 1.807) is 38.4 Å². The minimum Gasteiger partial charge on any atom is -0.355 e. The number of carbonyl (C=O) groups is 3. The molecule has 1 saturated carbocycles. The Kier molecular flexibility index (Phi) is 5.70. The quantitative estimate of drug-likeness (QED) is 0.508. The van der Waals surface area contributed by atoms with Gasteiger partial charge in [-0.05, 0) is 37.1 Å². The molecule has 7 nitrogen and oxygen atoms in total. The molecule has 0 bridgehead atoms. The molecule has 1 aromatic rings. The summed E-state index contributed by atoms with van der Waals surface area (Å²) >= 11 is 0. The molecule has 1 atom stereocenters. The van der Waals surface area contributed by atoms with Crippen LogP contribution in [0.15, 0.2) is 24.3 Å². The lowest BCUT2D eigenvalue weighted by Crippen LogP contribution is -3.11. The maximum Gasteiger partial charge on any atom is 0.279 e. The molecule has 4 N–H and O–H groups in total. The van der Waals surface area contributed by atoms with E-state index in [4.69, 9.17) is 0 Å². The van der Waals surface area contributed by atoms with Crippen LogP contribution in [-0.2, 0) is 9.59 Å². The van der Waals surface area contributed by atoms with E-state index in [1.807, 2.05) is 0 Å². The van der Waals surface area contributed by atoms with Gasteiger partial charge in [-0.1, -0.05) is 0 Å². The Morgan fingerprint density at radius 3 is 2.26 bits per heavy atom. The minimum atomic E-state index is -0.172. The fraction of sp³-hybridized carbons (Fsp3) is 0.438. The van der Waals surface area contributed by atoms with Crippen molar-refractivity contribution < 1.29 is 19.3 Å².